The average Bonchev–Trinajstić information content (AvgIpc) is 3.45. The van der Waals surface area contributed by atoms with E-state index in [1.807, 2.05) is 17.0 Å². The summed E-state index contributed by atoms with van der Waals surface area (Å²) in [5.74, 6) is 2.52. The molecule has 1 N–H and O–H groups in total. The maximum Gasteiger partial charge on any atom is 0.191 e. The zero-order valence-electron chi connectivity index (χ0n) is 18.5. The number of aryl methyl sites for hydroxylation is 1. The molecule has 1 unspecified atom stereocenters. The minimum atomic E-state index is 0. The van der Waals surface area contributed by atoms with E-state index >= 15 is 0 Å². The van der Waals surface area contributed by atoms with Crippen molar-refractivity contribution < 1.29 is 0 Å². The summed E-state index contributed by atoms with van der Waals surface area (Å²) in [4.78, 5) is 4.39. The Hall–Kier alpha value is -1.92. The predicted octanol–water partition coefficient (Wildman–Crippen LogP) is 5.15. The highest BCUT2D eigenvalue weighted by atomic mass is 35.5. The molecule has 0 saturated carbocycles. The van der Waals surface area contributed by atoms with Crippen molar-refractivity contribution in [1.29, 1.82) is 5.26 Å². The van der Waals surface area contributed by atoms with Crippen molar-refractivity contribution in [2.24, 2.45) is 5.92 Å². The van der Waals surface area contributed by atoms with Crippen molar-refractivity contribution in [3.8, 4) is 17.6 Å². The smallest absolute Gasteiger partial charge is 0.191 e. The number of hydrogen-bond donors (Lipinski definition) is 1. The molecule has 0 saturated heterocycles. The molecule has 0 bridgehead atoms. The molecule has 0 amide bonds. The summed E-state index contributed by atoms with van der Waals surface area (Å²) in [6, 6.07) is 8.70. The van der Waals surface area contributed by atoms with E-state index in [9.17, 15) is 0 Å². The molecule has 1 aliphatic carbocycles. The van der Waals surface area contributed by atoms with Crippen molar-refractivity contribution in [1.82, 2.24) is 25.1 Å². The topological polar surface area (TPSA) is 79.4 Å². The molecule has 0 radical (unpaired) electrons. The van der Waals surface area contributed by atoms with Crippen molar-refractivity contribution in [3.63, 3.8) is 0 Å². The van der Waals surface area contributed by atoms with Crippen LogP contribution in [0.2, 0.25) is 0 Å². The number of nitrogens with one attached hydrogen (secondary N) is 1. The zero-order valence-corrected chi connectivity index (χ0v) is 20.9. The molecule has 9 heteroatoms. The van der Waals surface area contributed by atoms with Crippen LogP contribution in [0.1, 0.15) is 49.4 Å². The van der Waals surface area contributed by atoms with Crippen LogP contribution in [0.3, 0.4) is 0 Å². The van der Waals surface area contributed by atoms with Crippen LogP contribution in [0.15, 0.2) is 34.2 Å². The first-order chi connectivity index (χ1) is 15.2. The molecule has 2 heterocycles. The molecular weight excluding hydrogens is 460 g/mol. The van der Waals surface area contributed by atoms with Gasteiger partial charge in [0, 0.05) is 17.2 Å². The van der Waals surface area contributed by atoms with Gasteiger partial charge in [0.25, 0.3) is 0 Å². The Morgan fingerprint density at radius 3 is 2.94 bits per heavy atom. The van der Waals surface area contributed by atoms with Crippen LogP contribution in [-0.4, -0.2) is 38.6 Å². The number of fused-ring (bicyclic) bond motifs is 1. The van der Waals surface area contributed by atoms with Crippen LogP contribution in [0, 0.1) is 17.2 Å². The lowest BCUT2D eigenvalue weighted by Crippen LogP contribution is -2.28. The van der Waals surface area contributed by atoms with E-state index in [1.54, 1.807) is 23.1 Å². The number of thiazole rings is 1. The molecule has 2 aromatic heterocycles. The lowest BCUT2D eigenvalue weighted by Gasteiger charge is -2.25. The zero-order chi connectivity index (χ0) is 21.6. The third kappa shape index (κ3) is 5.90. The first kappa shape index (κ1) is 24.7. The number of rotatable bonds is 9. The number of thioether (sulfide) groups is 1. The Balaban J connectivity index is 0.00000289. The second-order valence-electron chi connectivity index (χ2n) is 8.25. The summed E-state index contributed by atoms with van der Waals surface area (Å²) >= 11 is 3.35. The molecule has 6 nitrogen and oxygen atoms in total. The van der Waals surface area contributed by atoms with Gasteiger partial charge in [-0.3, -0.25) is 4.57 Å². The number of nitriles is 1. The van der Waals surface area contributed by atoms with Crippen molar-refractivity contribution >= 4 is 35.5 Å². The monoisotopic (exact) mass is 488 g/mol. The van der Waals surface area contributed by atoms with Crippen LogP contribution in [0.25, 0.3) is 11.5 Å². The van der Waals surface area contributed by atoms with Gasteiger partial charge in [-0.1, -0.05) is 17.8 Å². The molecule has 0 spiro atoms. The average molecular weight is 489 g/mol. The highest BCUT2D eigenvalue weighted by Crippen LogP contribution is 2.28. The Bertz CT molecular complexity index is 1040. The molecule has 1 aromatic carbocycles. The van der Waals surface area contributed by atoms with E-state index in [4.69, 9.17) is 5.26 Å². The summed E-state index contributed by atoms with van der Waals surface area (Å²) < 4.78 is 2.18. The van der Waals surface area contributed by atoms with E-state index in [1.165, 1.54) is 17.5 Å². The summed E-state index contributed by atoms with van der Waals surface area (Å²) in [5, 5.41) is 24.6. The fourth-order valence-corrected chi connectivity index (χ4v) is 5.62. The van der Waals surface area contributed by atoms with Gasteiger partial charge in [0.1, 0.15) is 5.69 Å². The first-order valence-corrected chi connectivity index (χ1v) is 12.8. The highest BCUT2D eigenvalue weighted by molar-refractivity contribution is 7.99. The van der Waals surface area contributed by atoms with E-state index in [0.717, 1.165) is 60.3 Å². The molecule has 170 valence electrons. The summed E-state index contributed by atoms with van der Waals surface area (Å²) in [6.07, 6.45) is 4.50. The molecule has 0 aliphatic heterocycles. The molecule has 0 fully saturated rings. The standard InChI is InChI=1S/C23H28N6S2.ClH/c1-16(2)29-22(21-14-30-15-26-21)27-28-23(29)31-9-3-8-25-13-18-5-7-19-6-4-17(12-24)10-20(19)11-18;/h4,6,10,14-16,18,25H,3,5,7-9,11,13H2,1-2H3;1H. The lowest BCUT2D eigenvalue weighted by atomic mass is 9.83. The van der Waals surface area contributed by atoms with Gasteiger partial charge in [-0.05, 0) is 81.8 Å². The van der Waals surface area contributed by atoms with Gasteiger partial charge in [0.2, 0.25) is 0 Å². The van der Waals surface area contributed by atoms with Crippen LogP contribution < -0.4 is 5.32 Å². The third-order valence-electron chi connectivity index (χ3n) is 5.67. The number of aromatic nitrogens is 4. The third-order valence-corrected chi connectivity index (χ3v) is 7.29. The fraction of sp³-hybridized carbons (Fsp3) is 0.478. The van der Waals surface area contributed by atoms with Gasteiger partial charge in [-0.2, -0.15) is 5.26 Å². The summed E-state index contributed by atoms with van der Waals surface area (Å²) in [7, 11) is 0. The van der Waals surface area contributed by atoms with Crippen LogP contribution >= 0.6 is 35.5 Å². The Labute approximate surface area is 204 Å². The molecule has 1 atom stereocenters. The Morgan fingerprint density at radius 2 is 2.19 bits per heavy atom. The molecule has 1 aliphatic rings. The van der Waals surface area contributed by atoms with Gasteiger partial charge < -0.3 is 5.32 Å². The molecule has 32 heavy (non-hydrogen) atoms. The van der Waals surface area contributed by atoms with Crippen LogP contribution in [-0.2, 0) is 12.8 Å². The predicted molar refractivity (Wildman–Crippen MR) is 134 cm³/mol. The lowest BCUT2D eigenvalue weighted by molar-refractivity contribution is 0.425. The minimum Gasteiger partial charge on any atom is -0.316 e. The SMILES string of the molecule is CC(C)n1c(SCCCNCC2CCc3ccc(C#N)cc3C2)nnc1-c1cscn1.Cl. The van der Waals surface area contributed by atoms with Gasteiger partial charge in [0.05, 0.1) is 17.1 Å². The van der Waals surface area contributed by atoms with Crippen molar-refractivity contribution in [3.05, 3.63) is 45.8 Å². The summed E-state index contributed by atoms with van der Waals surface area (Å²) in [6.45, 7) is 6.36. The van der Waals surface area contributed by atoms with Crippen LogP contribution in [0.5, 0.6) is 0 Å². The summed E-state index contributed by atoms with van der Waals surface area (Å²) in [5.41, 5.74) is 6.28. The van der Waals surface area contributed by atoms with E-state index in [2.05, 4.69) is 57.1 Å². The molecule has 3 aromatic rings. The van der Waals surface area contributed by atoms with Crippen LogP contribution in [0.4, 0.5) is 0 Å². The fourth-order valence-electron chi connectivity index (χ4n) is 4.08. The number of benzene rings is 1. The van der Waals surface area contributed by atoms with Crippen molar-refractivity contribution in [2.45, 2.75) is 50.7 Å². The van der Waals surface area contributed by atoms with E-state index < -0.39 is 0 Å². The molecular formula is C23H29ClN6S2. The minimum absolute atomic E-state index is 0. The number of nitrogens with zero attached hydrogens (tertiary/aromatic N) is 5. The maximum absolute atomic E-state index is 9.13. The maximum atomic E-state index is 9.13. The van der Waals surface area contributed by atoms with Gasteiger partial charge in [-0.15, -0.1) is 33.9 Å². The second kappa shape index (κ2) is 11.8. The quantitative estimate of drug-likeness (QED) is 0.331. The molecule has 4 rings (SSSR count). The number of hydrogen-bond acceptors (Lipinski definition) is 7. The van der Waals surface area contributed by atoms with E-state index in [0.29, 0.717) is 12.0 Å². The highest BCUT2D eigenvalue weighted by Gasteiger charge is 2.19. The Kier molecular flexibility index (Phi) is 9.11. The largest absolute Gasteiger partial charge is 0.316 e. The van der Waals surface area contributed by atoms with Gasteiger partial charge in [0.15, 0.2) is 11.0 Å². The van der Waals surface area contributed by atoms with Crippen molar-refractivity contribution in [2.75, 3.05) is 18.8 Å². The van der Waals surface area contributed by atoms with Gasteiger partial charge >= 0.3 is 0 Å². The number of halogens is 1. The van der Waals surface area contributed by atoms with Gasteiger partial charge in [-0.25, -0.2) is 4.98 Å². The Morgan fingerprint density at radius 1 is 1.31 bits per heavy atom. The first-order valence-electron chi connectivity index (χ1n) is 10.8. The second-order valence-corrected chi connectivity index (χ2v) is 10.0. The normalized spacial score (nSPS) is 15.2. The van der Waals surface area contributed by atoms with E-state index in [-0.39, 0.29) is 12.4 Å².